The first-order chi connectivity index (χ1) is 19.4. The summed E-state index contributed by atoms with van der Waals surface area (Å²) < 4.78 is 10.4. The smallest absolute Gasteiger partial charge is 0.407 e. The van der Waals surface area contributed by atoms with Crippen molar-refractivity contribution in [2.24, 2.45) is 5.92 Å². The Bertz CT molecular complexity index is 1100. The Morgan fingerprint density at radius 1 is 0.927 bits per heavy atom. The maximum absolute atomic E-state index is 13.6. The van der Waals surface area contributed by atoms with E-state index in [1.165, 1.54) is 0 Å². The van der Waals surface area contributed by atoms with E-state index in [1.54, 1.807) is 20.8 Å². The number of rotatable bonds is 11. The summed E-state index contributed by atoms with van der Waals surface area (Å²) in [5.74, 6) is -1.46. The minimum Gasteiger partial charge on any atom is -0.444 e. The molecule has 1 heterocycles. The van der Waals surface area contributed by atoms with Crippen LogP contribution in [0.25, 0.3) is 0 Å². The lowest BCUT2D eigenvalue weighted by Crippen LogP contribution is -2.65. The van der Waals surface area contributed by atoms with Gasteiger partial charge in [0.05, 0.1) is 24.8 Å². The minimum absolute atomic E-state index is 0.0879. The highest BCUT2D eigenvalue weighted by Crippen LogP contribution is 2.23. The summed E-state index contributed by atoms with van der Waals surface area (Å²) in [6.45, 7) is 4.55. The number of hydrogen-bond donors (Lipinski definition) is 7. The van der Waals surface area contributed by atoms with Gasteiger partial charge in [0.25, 0.3) is 0 Å². The molecule has 0 saturated carbocycles. The van der Waals surface area contributed by atoms with Crippen molar-refractivity contribution in [1.29, 1.82) is 0 Å². The second-order valence-corrected chi connectivity index (χ2v) is 11.4. The predicted molar refractivity (Wildman–Crippen MR) is 149 cm³/mol. The summed E-state index contributed by atoms with van der Waals surface area (Å²) in [5.41, 5.74) is 0.903. The van der Waals surface area contributed by atoms with E-state index in [9.17, 15) is 35.1 Å². The molecule has 1 aliphatic heterocycles. The van der Waals surface area contributed by atoms with Crippen molar-refractivity contribution in [2.45, 2.75) is 88.4 Å². The normalized spacial score (nSPS) is 25.0. The van der Waals surface area contributed by atoms with E-state index in [0.29, 0.717) is 0 Å². The van der Waals surface area contributed by atoms with Gasteiger partial charge in [-0.05, 0) is 51.2 Å². The molecule has 8 atom stereocenters. The average molecular weight is 575 g/mol. The van der Waals surface area contributed by atoms with Gasteiger partial charge < -0.3 is 45.6 Å². The molecule has 2 amide bonds. The molecule has 2 aromatic rings. The zero-order chi connectivity index (χ0) is 30.2. The van der Waals surface area contributed by atoms with Crippen LogP contribution in [0.15, 0.2) is 60.7 Å². The molecule has 11 nitrogen and oxygen atoms in total. The summed E-state index contributed by atoms with van der Waals surface area (Å²) in [4.78, 5) is 26.3. The Balaban J connectivity index is 1.83. The average Bonchev–Trinajstić information content (AvgIpc) is 2.92. The van der Waals surface area contributed by atoms with Crippen molar-refractivity contribution in [3.8, 4) is 0 Å². The van der Waals surface area contributed by atoms with Crippen LogP contribution >= 0.6 is 0 Å². The van der Waals surface area contributed by atoms with Crippen molar-refractivity contribution < 1.29 is 44.6 Å². The predicted octanol–water partition coefficient (Wildman–Crippen LogP) is 0.648. The monoisotopic (exact) mass is 574 g/mol. The lowest BCUT2D eigenvalue weighted by molar-refractivity contribution is -0.261. The number of amides is 2. The Morgan fingerprint density at radius 2 is 1.49 bits per heavy atom. The van der Waals surface area contributed by atoms with E-state index < -0.39 is 72.9 Å². The van der Waals surface area contributed by atoms with Crippen molar-refractivity contribution in [1.82, 2.24) is 10.6 Å². The van der Waals surface area contributed by atoms with Gasteiger partial charge in [-0.15, -0.1) is 0 Å². The summed E-state index contributed by atoms with van der Waals surface area (Å²) in [6, 6.07) is 16.3. The Hall–Kier alpha value is -3.06. The number of nitrogens with one attached hydrogen (secondary N) is 2. The van der Waals surface area contributed by atoms with Crippen LogP contribution in [0.1, 0.15) is 38.3 Å². The fourth-order valence-corrected chi connectivity index (χ4v) is 4.80. The van der Waals surface area contributed by atoms with Gasteiger partial charge in [-0.3, -0.25) is 4.79 Å². The maximum Gasteiger partial charge on any atom is 0.407 e. The highest BCUT2D eigenvalue weighted by molar-refractivity contribution is 5.79. The van der Waals surface area contributed by atoms with Gasteiger partial charge in [0.1, 0.15) is 23.9 Å². The van der Waals surface area contributed by atoms with Gasteiger partial charge in [-0.2, -0.15) is 0 Å². The number of carbonyl (C=O) groups is 2. The van der Waals surface area contributed by atoms with Gasteiger partial charge in [-0.25, -0.2) is 4.79 Å². The molecule has 1 aliphatic rings. The van der Waals surface area contributed by atoms with Gasteiger partial charge >= 0.3 is 6.09 Å². The fourth-order valence-electron chi connectivity index (χ4n) is 4.80. The second-order valence-electron chi connectivity index (χ2n) is 11.4. The molecule has 2 aromatic carbocycles. The molecule has 11 heteroatoms. The molecular formula is C30H42N2O9. The first kappa shape index (κ1) is 32.5. The lowest BCUT2D eigenvalue weighted by Gasteiger charge is -2.41. The van der Waals surface area contributed by atoms with Crippen LogP contribution in [-0.2, 0) is 27.1 Å². The van der Waals surface area contributed by atoms with Crippen LogP contribution in [0.2, 0.25) is 0 Å². The summed E-state index contributed by atoms with van der Waals surface area (Å²) in [6.07, 6.45) is -7.62. The number of alkyl carbamates (subject to hydrolysis) is 1. The highest BCUT2D eigenvalue weighted by Gasteiger charge is 2.45. The van der Waals surface area contributed by atoms with Crippen LogP contribution in [0.3, 0.4) is 0 Å². The van der Waals surface area contributed by atoms with Crippen LogP contribution in [0.5, 0.6) is 0 Å². The molecule has 3 rings (SSSR count). The Morgan fingerprint density at radius 3 is 2.02 bits per heavy atom. The number of hydrogen-bond acceptors (Lipinski definition) is 9. The van der Waals surface area contributed by atoms with Crippen LogP contribution in [0.4, 0.5) is 4.79 Å². The SMILES string of the molecule is CC(C)(C)OC(=O)N[C@@H](Cc1ccccc1)[C@@H](O)C[C@@H](Cc1ccccc1)C(=O)N[C@@H]1[C@H](O)[C@@H](CO)OC(O)[C@@H]1O. The van der Waals surface area contributed by atoms with E-state index in [2.05, 4.69) is 10.6 Å². The van der Waals surface area contributed by atoms with Gasteiger partial charge in [0.2, 0.25) is 5.91 Å². The first-order valence-electron chi connectivity index (χ1n) is 13.7. The zero-order valence-electron chi connectivity index (χ0n) is 23.6. The minimum atomic E-state index is -1.73. The lowest BCUT2D eigenvalue weighted by atomic mass is 9.87. The quantitative estimate of drug-likeness (QED) is 0.203. The van der Waals surface area contributed by atoms with Crippen LogP contribution in [0, 0.1) is 5.92 Å². The molecule has 0 aromatic heterocycles. The zero-order valence-corrected chi connectivity index (χ0v) is 23.6. The molecule has 41 heavy (non-hydrogen) atoms. The molecule has 1 fully saturated rings. The van der Waals surface area contributed by atoms with E-state index in [0.717, 1.165) is 11.1 Å². The molecule has 0 spiro atoms. The maximum atomic E-state index is 13.6. The summed E-state index contributed by atoms with van der Waals surface area (Å²) >= 11 is 0. The Labute approximate surface area is 240 Å². The van der Waals surface area contributed by atoms with E-state index in [1.807, 2.05) is 60.7 Å². The third-order valence-corrected chi connectivity index (χ3v) is 6.90. The largest absolute Gasteiger partial charge is 0.444 e. The van der Waals surface area contributed by atoms with E-state index in [-0.39, 0.29) is 19.3 Å². The van der Waals surface area contributed by atoms with Gasteiger partial charge in [-0.1, -0.05) is 60.7 Å². The van der Waals surface area contributed by atoms with Crippen molar-refractivity contribution >= 4 is 12.0 Å². The highest BCUT2D eigenvalue weighted by atomic mass is 16.6. The number of ether oxygens (including phenoxy) is 2. The fraction of sp³-hybridized carbons (Fsp3) is 0.533. The number of benzene rings is 2. The standard InChI is InChI=1S/C30H42N2O9/c1-30(2,3)41-29(39)31-21(15-19-12-8-5-9-13-19)22(34)16-20(14-18-10-6-4-7-11-18)27(37)32-24-25(35)23(17-33)40-28(38)26(24)36/h4-13,20-26,28,33-36,38H,14-17H2,1-3H3,(H,31,39)(H,32,37)/t20-,21+,22+,23-,24-,25-,26-,28?/m1/s1. The second kappa shape index (κ2) is 14.7. The molecule has 226 valence electrons. The number of aliphatic hydroxyl groups excluding tert-OH is 5. The Kier molecular flexibility index (Phi) is 11.6. The molecule has 0 radical (unpaired) electrons. The topological polar surface area (TPSA) is 178 Å². The van der Waals surface area contributed by atoms with Crippen LogP contribution in [-0.4, -0.2) is 92.5 Å². The molecule has 0 aliphatic carbocycles. The summed E-state index contributed by atoms with van der Waals surface area (Å²) in [5, 5.41) is 57.3. The molecule has 7 N–H and O–H groups in total. The van der Waals surface area contributed by atoms with Gasteiger partial charge in [0, 0.05) is 5.92 Å². The number of carbonyl (C=O) groups excluding carboxylic acids is 2. The first-order valence-corrected chi connectivity index (χ1v) is 13.7. The van der Waals surface area contributed by atoms with Crippen molar-refractivity contribution in [3.63, 3.8) is 0 Å². The summed E-state index contributed by atoms with van der Waals surface area (Å²) in [7, 11) is 0. The third kappa shape index (κ3) is 9.77. The molecule has 0 bridgehead atoms. The number of aliphatic hydroxyl groups is 5. The molecule has 1 saturated heterocycles. The van der Waals surface area contributed by atoms with Crippen LogP contribution < -0.4 is 10.6 Å². The molecule has 1 unspecified atom stereocenters. The third-order valence-electron chi connectivity index (χ3n) is 6.90. The van der Waals surface area contributed by atoms with Gasteiger partial charge in [0.15, 0.2) is 6.29 Å². The van der Waals surface area contributed by atoms with Crippen molar-refractivity contribution in [3.05, 3.63) is 71.8 Å². The van der Waals surface area contributed by atoms with E-state index in [4.69, 9.17) is 9.47 Å². The van der Waals surface area contributed by atoms with E-state index >= 15 is 0 Å². The van der Waals surface area contributed by atoms with Crippen molar-refractivity contribution in [2.75, 3.05) is 6.61 Å². The molecular weight excluding hydrogens is 532 g/mol.